The number of morpholine rings is 1. The number of carbonyl (C=O) groups is 1. The van der Waals surface area contributed by atoms with E-state index in [0.29, 0.717) is 6.54 Å². The van der Waals surface area contributed by atoms with Gasteiger partial charge in [0.05, 0.1) is 12.7 Å². The molecular formula is C9H17NO3. The van der Waals surface area contributed by atoms with Gasteiger partial charge in [-0.2, -0.15) is 0 Å². The predicted molar refractivity (Wildman–Crippen MR) is 48.3 cm³/mol. The highest BCUT2D eigenvalue weighted by molar-refractivity contribution is 5.78. The van der Waals surface area contributed by atoms with Crippen molar-refractivity contribution in [3.63, 3.8) is 0 Å². The maximum absolute atomic E-state index is 11.4. The molecular weight excluding hydrogens is 170 g/mol. The lowest BCUT2D eigenvalue weighted by Gasteiger charge is -2.35. The number of aliphatic hydroxyl groups is 1. The lowest BCUT2D eigenvalue weighted by Crippen LogP contribution is -2.51. The van der Waals surface area contributed by atoms with Crippen LogP contribution in [-0.4, -0.2) is 47.8 Å². The second kappa shape index (κ2) is 4.58. The molecule has 1 aliphatic heterocycles. The molecule has 0 aromatic rings. The van der Waals surface area contributed by atoms with Crippen LogP contribution in [-0.2, 0) is 9.53 Å². The molecule has 2 unspecified atom stereocenters. The van der Waals surface area contributed by atoms with Crippen LogP contribution < -0.4 is 0 Å². The normalized spacial score (nSPS) is 26.2. The van der Waals surface area contributed by atoms with Crippen molar-refractivity contribution in [3.05, 3.63) is 0 Å². The molecule has 2 atom stereocenters. The Balaban J connectivity index is 2.54. The first-order valence-corrected chi connectivity index (χ1v) is 4.71. The number of hydrogen-bond acceptors (Lipinski definition) is 3. The summed E-state index contributed by atoms with van der Waals surface area (Å²) in [6.07, 6.45) is 0.732. The summed E-state index contributed by atoms with van der Waals surface area (Å²) in [5, 5.41) is 8.89. The monoisotopic (exact) mass is 187 g/mol. The summed E-state index contributed by atoms with van der Waals surface area (Å²) in [5.41, 5.74) is 0. The zero-order valence-electron chi connectivity index (χ0n) is 8.19. The number of nitrogens with zero attached hydrogens (tertiary/aromatic N) is 1. The number of amides is 1. The molecule has 13 heavy (non-hydrogen) atoms. The average Bonchev–Trinajstić information content (AvgIpc) is 2.17. The van der Waals surface area contributed by atoms with Crippen molar-refractivity contribution in [2.24, 2.45) is 0 Å². The van der Waals surface area contributed by atoms with Crippen LogP contribution in [0.25, 0.3) is 0 Å². The topological polar surface area (TPSA) is 49.8 Å². The van der Waals surface area contributed by atoms with Crippen LogP contribution >= 0.6 is 0 Å². The summed E-state index contributed by atoms with van der Waals surface area (Å²) in [6.45, 7) is 4.67. The van der Waals surface area contributed by atoms with Crippen LogP contribution in [0.15, 0.2) is 0 Å². The van der Waals surface area contributed by atoms with E-state index in [-0.39, 0.29) is 31.3 Å². The average molecular weight is 187 g/mol. The van der Waals surface area contributed by atoms with Gasteiger partial charge in [-0.15, -0.1) is 0 Å². The summed E-state index contributed by atoms with van der Waals surface area (Å²) in [7, 11) is 0. The number of aliphatic hydroxyl groups excluding tert-OH is 1. The number of hydrogen-bond donors (Lipinski definition) is 1. The number of carbonyl (C=O) groups excluding carboxylic acids is 1. The zero-order chi connectivity index (χ0) is 9.84. The van der Waals surface area contributed by atoms with E-state index in [4.69, 9.17) is 9.84 Å². The van der Waals surface area contributed by atoms with Crippen LogP contribution in [0.1, 0.15) is 20.3 Å². The minimum Gasteiger partial charge on any atom is -0.394 e. The Kier molecular flexibility index (Phi) is 3.69. The quantitative estimate of drug-likeness (QED) is 0.677. The first-order valence-electron chi connectivity index (χ1n) is 4.71. The minimum atomic E-state index is -0.202. The highest BCUT2D eigenvalue weighted by atomic mass is 16.5. The smallest absolute Gasteiger partial charge is 0.248 e. The van der Waals surface area contributed by atoms with E-state index in [9.17, 15) is 4.79 Å². The van der Waals surface area contributed by atoms with E-state index in [2.05, 4.69) is 0 Å². The second-order valence-electron chi connectivity index (χ2n) is 3.42. The van der Waals surface area contributed by atoms with E-state index in [1.165, 1.54) is 0 Å². The molecule has 1 fully saturated rings. The first-order chi connectivity index (χ1) is 6.19. The fraction of sp³-hybridized carbons (Fsp3) is 0.889. The summed E-state index contributed by atoms with van der Waals surface area (Å²) in [5.74, 6) is 0.0269. The van der Waals surface area contributed by atoms with Gasteiger partial charge in [0.25, 0.3) is 0 Å². The van der Waals surface area contributed by atoms with Crippen LogP contribution in [0.3, 0.4) is 0 Å². The van der Waals surface area contributed by atoms with Crippen LogP contribution in [0.2, 0.25) is 0 Å². The van der Waals surface area contributed by atoms with Crippen molar-refractivity contribution in [1.29, 1.82) is 0 Å². The first kappa shape index (κ1) is 10.5. The number of ether oxygens (including phenoxy) is 1. The molecule has 0 aromatic carbocycles. The Labute approximate surface area is 78.5 Å². The molecule has 0 aromatic heterocycles. The molecule has 1 aliphatic rings. The third-order valence-corrected chi connectivity index (χ3v) is 2.49. The summed E-state index contributed by atoms with van der Waals surface area (Å²) in [6, 6.07) is 0.241. The van der Waals surface area contributed by atoms with Crippen molar-refractivity contribution in [1.82, 2.24) is 4.90 Å². The van der Waals surface area contributed by atoms with Gasteiger partial charge in [-0.1, -0.05) is 6.92 Å². The maximum Gasteiger partial charge on any atom is 0.248 e. The minimum absolute atomic E-state index is 0.0137. The lowest BCUT2D eigenvalue weighted by molar-refractivity contribution is -0.154. The third-order valence-electron chi connectivity index (χ3n) is 2.49. The van der Waals surface area contributed by atoms with Gasteiger partial charge in [0, 0.05) is 12.6 Å². The molecule has 0 saturated carbocycles. The van der Waals surface area contributed by atoms with E-state index in [0.717, 1.165) is 6.42 Å². The Morgan fingerprint density at radius 1 is 1.77 bits per heavy atom. The van der Waals surface area contributed by atoms with Crippen molar-refractivity contribution in [3.8, 4) is 0 Å². The molecule has 0 aliphatic carbocycles. The molecule has 1 heterocycles. The molecule has 0 radical (unpaired) electrons. The molecule has 1 N–H and O–H groups in total. The number of rotatable bonds is 3. The van der Waals surface area contributed by atoms with Gasteiger partial charge >= 0.3 is 0 Å². The van der Waals surface area contributed by atoms with E-state index in [1.54, 1.807) is 4.90 Å². The molecule has 4 heteroatoms. The van der Waals surface area contributed by atoms with Crippen LogP contribution in [0.5, 0.6) is 0 Å². The molecule has 1 saturated heterocycles. The van der Waals surface area contributed by atoms with Gasteiger partial charge in [-0.25, -0.2) is 0 Å². The van der Waals surface area contributed by atoms with E-state index in [1.807, 2.05) is 13.8 Å². The van der Waals surface area contributed by atoms with Crippen molar-refractivity contribution in [2.75, 3.05) is 19.8 Å². The van der Waals surface area contributed by atoms with Gasteiger partial charge in [0.15, 0.2) is 0 Å². The highest BCUT2D eigenvalue weighted by Gasteiger charge is 2.28. The van der Waals surface area contributed by atoms with Crippen LogP contribution in [0.4, 0.5) is 0 Å². The molecule has 76 valence electrons. The summed E-state index contributed by atoms with van der Waals surface area (Å²) < 4.78 is 5.12. The molecule has 4 nitrogen and oxygen atoms in total. The molecule has 1 amide bonds. The van der Waals surface area contributed by atoms with Gasteiger partial charge < -0.3 is 14.7 Å². The van der Waals surface area contributed by atoms with Gasteiger partial charge in [0.1, 0.15) is 6.61 Å². The highest BCUT2D eigenvalue weighted by Crippen LogP contribution is 2.11. The fourth-order valence-electron chi connectivity index (χ4n) is 1.40. The molecule has 0 spiro atoms. The zero-order valence-corrected chi connectivity index (χ0v) is 8.19. The van der Waals surface area contributed by atoms with E-state index >= 15 is 0 Å². The van der Waals surface area contributed by atoms with Crippen molar-refractivity contribution in [2.45, 2.75) is 32.4 Å². The SMILES string of the molecule is CCC(C)N1CC(CO)OCC1=O. The summed E-state index contributed by atoms with van der Waals surface area (Å²) in [4.78, 5) is 13.2. The Hall–Kier alpha value is -0.610. The van der Waals surface area contributed by atoms with E-state index < -0.39 is 0 Å². The van der Waals surface area contributed by atoms with Crippen molar-refractivity contribution >= 4 is 5.91 Å². The molecule has 1 rings (SSSR count). The summed E-state index contributed by atoms with van der Waals surface area (Å²) >= 11 is 0. The third kappa shape index (κ3) is 2.42. The van der Waals surface area contributed by atoms with Gasteiger partial charge in [-0.05, 0) is 13.3 Å². The predicted octanol–water partition coefficient (Wildman–Crippen LogP) is 0.00460. The largest absolute Gasteiger partial charge is 0.394 e. The Morgan fingerprint density at radius 3 is 3.00 bits per heavy atom. The standard InChI is InChI=1S/C9H17NO3/c1-3-7(2)10-4-8(5-11)13-6-9(10)12/h7-8,11H,3-6H2,1-2H3. The van der Waals surface area contributed by atoms with Gasteiger partial charge in [-0.3, -0.25) is 4.79 Å². The van der Waals surface area contributed by atoms with Crippen molar-refractivity contribution < 1.29 is 14.6 Å². The van der Waals surface area contributed by atoms with Gasteiger partial charge in [0.2, 0.25) is 5.91 Å². The second-order valence-corrected chi connectivity index (χ2v) is 3.42. The van der Waals surface area contributed by atoms with Crippen LogP contribution in [0, 0.1) is 0 Å². The maximum atomic E-state index is 11.4. The Bertz CT molecular complexity index is 184. The fourth-order valence-corrected chi connectivity index (χ4v) is 1.40. The Morgan fingerprint density at radius 2 is 2.46 bits per heavy atom. The molecule has 0 bridgehead atoms. The lowest BCUT2D eigenvalue weighted by atomic mass is 10.2.